The van der Waals surface area contributed by atoms with Crippen LogP contribution in [0.2, 0.25) is 0 Å². The van der Waals surface area contributed by atoms with E-state index < -0.39 is 4.92 Å². The van der Waals surface area contributed by atoms with Crippen LogP contribution in [0, 0.1) is 10.1 Å². The molecule has 1 aromatic heterocycles. The first-order valence-corrected chi connectivity index (χ1v) is 10.6. The van der Waals surface area contributed by atoms with Crippen molar-refractivity contribution >= 4 is 38.3 Å². The molecule has 2 heterocycles. The molecule has 8 nitrogen and oxygen atoms in total. The van der Waals surface area contributed by atoms with Crippen LogP contribution in [0.5, 0.6) is 5.75 Å². The van der Waals surface area contributed by atoms with Crippen LogP contribution in [-0.2, 0) is 11.2 Å². The average molecular weight is 426 g/mol. The van der Waals surface area contributed by atoms with Crippen molar-refractivity contribution < 1.29 is 14.5 Å². The van der Waals surface area contributed by atoms with Crippen LogP contribution in [0.15, 0.2) is 42.5 Å². The number of hydrogen-bond acceptors (Lipinski definition) is 7. The second-order valence-corrected chi connectivity index (χ2v) is 8.13. The minimum atomic E-state index is -0.394. The largest absolute Gasteiger partial charge is 0.497 e. The molecule has 30 heavy (non-hydrogen) atoms. The number of anilines is 1. The predicted octanol–water partition coefficient (Wildman–Crippen LogP) is 3.49. The summed E-state index contributed by atoms with van der Waals surface area (Å²) in [4.78, 5) is 31.8. The van der Waals surface area contributed by atoms with Gasteiger partial charge in [0.25, 0.3) is 5.69 Å². The normalized spacial score (nSPS) is 14.2. The summed E-state index contributed by atoms with van der Waals surface area (Å²) in [6.07, 6.45) is 1.19. The van der Waals surface area contributed by atoms with Crippen LogP contribution in [0.1, 0.15) is 12.0 Å². The Morgan fingerprint density at radius 3 is 2.57 bits per heavy atom. The number of non-ortho nitro benzene ring substituents is 1. The summed E-state index contributed by atoms with van der Waals surface area (Å²) in [5.74, 6) is 0.969. The molecule has 0 N–H and O–H groups in total. The highest BCUT2D eigenvalue weighted by Crippen LogP contribution is 2.31. The lowest BCUT2D eigenvalue weighted by Crippen LogP contribution is -2.48. The molecular weight excluding hydrogens is 404 g/mol. The Hall–Kier alpha value is -3.20. The molecule has 1 aliphatic rings. The number of fused-ring (bicyclic) bond motifs is 1. The van der Waals surface area contributed by atoms with Gasteiger partial charge >= 0.3 is 0 Å². The van der Waals surface area contributed by atoms with Gasteiger partial charge in [-0.25, -0.2) is 4.98 Å². The van der Waals surface area contributed by atoms with E-state index in [-0.39, 0.29) is 11.6 Å². The number of thiazole rings is 1. The molecule has 0 radical (unpaired) electrons. The molecule has 1 fully saturated rings. The van der Waals surface area contributed by atoms with Crippen molar-refractivity contribution in [1.29, 1.82) is 0 Å². The summed E-state index contributed by atoms with van der Waals surface area (Å²) < 4.78 is 5.96. The van der Waals surface area contributed by atoms with E-state index in [0.29, 0.717) is 39.0 Å². The number of methoxy groups -OCH3 is 1. The molecule has 0 spiro atoms. The number of piperazine rings is 1. The van der Waals surface area contributed by atoms with E-state index in [1.54, 1.807) is 19.2 Å². The molecule has 2 aromatic carbocycles. The van der Waals surface area contributed by atoms with Crippen molar-refractivity contribution in [2.24, 2.45) is 0 Å². The minimum absolute atomic E-state index is 0.0741. The van der Waals surface area contributed by atoms with Gasteiger partial charge in [-0.1, -0.05) is 23.5 Å². The molecular formula is C21H22N4O4S. The van der Waals surface area contributed by atoms with E-state index in [9.17, 15) is 14.9 Å². The molecule has 3 aromatic rings. The van der Waals surface area contributed by atoms with Gasteiger partial charge in [-0.2, -0.15) is 0 Å². The fourth-order valence-corrected chi connectivity index (χ4v) is 4.55. The molecule has 0 atom stereocenters. The van der Waals surface area contributed by atoms with Crippen molar-refractivity contribution in [3.05, 3.63) is 58.1 Å². The standard InChI is InChI=1S/C21H22N4O4S/c1-29-17-6-2-15(3-7-17)4-9-20(26)23-10-12-24(13-11-23)21-22-18-8-5-16(25(27)28)14-19(18)30-21/h2-3,5-8,14H,4,9-13H2,1H3. The maximum Gasteiger partial charge on any atom is 0.270 e. The maximum atomic E-state index is 12.6. The van der Waals surface area contributed by atoms with Crippen molar-refractivity contribution in [1.82, 2.24) is 9.88 Å². The van der Waals surface area contributed by atoms with Crippen LogP contribution in [0.3, 0.4) is 0 Å². The summed E-state index contributed by atoms with van der Waals surface area (Å²) in [6.45, 7) is 2.71. The Balaban J connectivity index is 1.32. The van der Waals surface area contributed by atoms with Gasteiger partial charge in [0.2, 0.25) is 5.91 Å². The van der Waals surface area contributed by atoms with Crippen LogP contribution in [-0.4, -0.2) is 54.0 Å². The second kappa shape index (κ2) is 8.66. The van der Waals surface area contributed by atoms with E-state index in [0.717, 1.165) is 26.7 Å². The number of nitrogens with zero attached hydrogens (tertiary/aromatic N) is 4. The van der Waals surface area contributed by atoms with Gasteiger partial charge in [0, 0.05) is 44.7 Å². The molecule has 9 heteroatoms. The number of aromatic nitrogens is 1. The average Bonchev–Trinajstić information content (AvgIpc) is 3.21. The Labute approximate surface area is 177 Å². The highest BCUT2D eigenvalue weighted by molar-refractivity contribution is 7.22. The number of ether oxygens (including phenoxy) is 1. The molecule has 1 saturated heterocycles. The van der Waals surface area contributed by atoms with Gasteiger partial charge < -0.3 is 14.5 Å². The number of hydrogen-bond donors (Lipinski definition) is 0. The van der Waals surface area contributed by atoms with Gasteiger partial charge in [0.05, 0.1) is 22.2 Å². The Bertz CT molecular complexity index is 1060. The van der Waals surface area contributed by atoms with Crippen molar-refractivity contribution in [2.75, 3.05) is 38.2 Å². The molecule has 0 bridgehead atoms. The molecule has 0 unspecified atom stereocenters. The zero-order chi connectivity index (χ0) is 21.1. The number of carbonyl (C=O) groups is 1. The van der Waals surface area contributed by atoms with E-state index in [4.69, 9.17) is 4.74 Å². The fraction of sp³-hybridized carbons (Fsp3) is 0.333. The lowest BCUT2D eigenvalue weighted by Gasteiger charge is -2.34. The first-order chi connectivity index (χ1) is 14.5. The van der Waals surface area contributed by atoms with Crippen molar-refractivity contribution in [3.63, 3.8) is 0 Å². The third-order valence-corrected chi connectivity index (χ3v) is 6.34. The first-order valence-electron chi connectivity index (χ1n) is 9.74. The van der Waals surface area contributed by atoms with Gasteiger partial charge in [-0.15, -0.1) is 0 Å². The summed E-state index contributed by atoms with van der Waals surface area (Å²) >= 11 is 1.45. The number of amides is 1. The number of rotatable bonds is 6. The number of carbonyl (C=O) groups excluding carboxylic acids is 1. The zero-order valence-corrected chi connectivity index (χ0v) is 17.4. The molecule has 156 valence electrons. The Kier molecular flexibility index (Phi) is 5.80. The highest BCUT2D eigenvalue weighted by Gasteiger charge is 2.23. The van der Waals surface area contributed by atoms with Crippen molar-refractivity contribution in [2.45, 2.75) is 12.8 Å². The second-order valence-electron chi connectivity index (χ2n) is 7.12. The smallest absolute Gasteiger partial charge is 0.270 e. The number of nitro benzene ring substituents is 1. The van der Waals surface area contributed by atoms with E-state index in [1.165, 1.54) is 17.4 Å². The first kappa shape index (κ1) is 20.1. The summed E-state index contributed by atoms with van der Waals surface area (Å²) in [7, 11) is 1.64. The lowest BCUT2D eigenvalue weighted by atomic mass is 10.1. The minimum Gasteiger partial charge on any atom is -0.497 e. The number of nitro groups is 1. The van der Waals surface area contributed by atoms with Crippen LogP contribution < -0.4 is 9.64 Å². The molecule has 1 aliphatic heterocycles. The SMILES string of the molecule is COc1ccc(CCC(=O)N2CCN(c3nc4ccc([N+](=O)[O-])cc4s3)CC2)cc1. The number of aryl methyl sites for hydroxylation is 1. The van der Waals surface area contributed by atoms with Gasteiger partial charge in [-0.05, 0) is 30.2 Å². The highest BCUT2D eigenvalue weighted by atomic mass is 32.1. The molecule has 0 saturated carbocycles. The van der Waals surface area contributed by atoms with Crippen LogP contribution in [0.4, 0.5) is 10.8 Å². The third kappa shape index (κ3) is 4.35. The van der Waals surface area contributed by atoms with Crippen LogP contribution in [0.25, 0.3) is 10.2 Å². The zero-order valence-electron chi connectivity index (χ0n) is 16.6. The van der Waals surface area contributed by atoms with E-state index in [1.807, 2.05) is 29.2 Å². The third-order valence-electron chi connectivity index (χ3n) is 5.26. The Morgan fingerprint density at radius 2 is 1.90 bits per heavy atom. The predicted molar refractivity (Wildman–Crippen MR) is 116 cm³/mol. The van der Waals surface area contributed by atoms with E-state index in [2.05, 4.69) is 9.88 Å². The monoisotopic (exact) mass is 426 g/mol. The molecule has 0 aliphatic carbocycles. The van der Waals surface area contributed by atoms with Gasteiger partial charge in [-0.3, -0.25) is 14.9 Å². The molecule has 4 rings (SSSR count). The quantitative estimate of drug-likeness (QED) is 0.443. The maximum absolute atomic E-state index is 12.6. The fourth-order valence-electron chi connectivity index (χ4n) is 3.50. The summed E-state index contributed by atoms with van der Waals surface area (Å²) in [5, 5.41) is 11.8. The summed E-state index contributed by atoms with van der Waals surface area (Å²) in [6, 6.07) is 12.5. The lowest BCUT2D eigenvalue weighted by molar-refractivity contribution is -0.384. The molecule has 1 amide bonds. The van der Waals surface area contributed by atoms with Gasteiger partial charge in [0.15, 0.2) is 5.13 Å². The van der Waals surface area contributed by atoms with Crippen LogP contribution >= 0.6 is 11.3 Å². The van der Waals surface area contributed by atoms with Crippen molar-refractivity contribution in [3.8, 4) is 5.75 Å². The van der Waals surface area contributed by atoms with Gasteiger partial charge in [0.1, 0.15) is 5.75 Å². The Morgan fingerprint density at radius 1 is 1.17 bits per heavy atom. The topological polar surface area (TPSA) is 88.8 Å². The van der Waals surface area contributed by atoms with E-state index >= 15 is 0 Å². The number of benzene rings is 2. The summed E-state index contributed by atoms with van der Waals surface area (Å²) in [5.41, 5.74) is 1.95.